The number of anilines is 1. The topological polar surface area (TPSA) is 69.6 Å². The average molecular weight is 324 g/mol. The summed E-state index contributed by atoms with van der Waals surface area (Å²) in [6, 6.07) is 9.13. The van der Waals surface area contributed by atoms with E-state index in [-0.39, 0.29) is 11.4 Å². The predicted octanol–water partition coefficient (Wildman–Crippen LogP) is 3.36. The van der Waals surface area contributed by atoms with E-state index in [4.69, 9.17) is 28.9 Å². The molecule has 21 heavy (non-hydrogen) atoms. The molecular formula is C13H8Cl2FN5. The maximum Gasteiger partial charge on any atom is 0.190 e. The number of rotatable bonds is 2. The van der Waals surface area contributed by atoms with Gasteiger partial charge in [-0.05, 0) is 40.8 Å². The van der Waals surface area contributed by atoms with Gasteiger partial charge in [0.25, 0.3) is 0 Å². The lowest BCUT2D eigenvalue weighted by Crippen LogP contribution is -2.03. The lowest BCUT2D eigenvalue weighted by Gasteiger charge is -2.09. The zero-order valence-corrected chi connectivity index (χ0v) is 12.0. The van der Waals surface area contributed by atoms with E-state index in [0.717, 1.165) is 0 Å². The Hall–Kier alpha value is -2.18. The molecule has 0 saturated carbocycles. The van der Waals surface area contributed by atoms with Crippen molar-refractivity contribution >= 4 is 28.9 Å². The predicted molar refractivity (Wildman–Crippen MR) is 79.0 cm³/mol. The van der Waals surface area contributed by atoms with Crippen LogP contribution in [0.4, 0.5) is 10.1 Å². The minimum atomic E-state index is -0.497. The molecule has 1 heterocycles. The van der Waals surface area contributed by atoms with Gasteiger partial charge in [0.1, 0.15) is 11.5 Å². The summed E-state index contributed by atoms with van der Waals surface area (Å²) >= 11 is 12.3. The lowest BCUT2D eigenvalue weighted by molar-refractivity contribution is 0.629. The normalized spacial score (nSPS) is 10.8. The van der Waals surface area contributed by atoms with Gasteiger partial charge in [-0.15, -0.1) is 5.10 Å². The van der Waals surface area contributed by atoms with Gasteiger partial charge < -0.3 is 5.73 Å². The summed E-state index contributed by atoms with van der Waals surface area (Å²) in [7, 11) is 0. The van der Waals surface area contributed by atoms with Crippen molar-refractivity contribution in [1.29, 1.82) is 0 Å². The van der Waals surface area contributed by atoms with Crippen molar-refractivity contribution in [1.82, 2.24) is 20.2 Å². The van der Waals surface area contributed by atoms with Crippen molar-refractivity contribution in [2.75, 3.05) is 5.73 Å². The van der Waals surface area contributed by atoms with Gasteiger partial charge in [0.15, 0.2) is 5.82 Å². The molecule has 0 aliphatic heterocycles. The Balaban J connectivity index is 2.25. The van der Waals surface area contributed by atoms with Crippen LogP contribution < -0.4 is 5.73 Å². The SMILES string of the molecule is Nc1ccc(F)c(-c2nnnn2-c2c(Cl)cccc2Cl)c1. The molecule has 2 N–H and O–H groups in total. The third-order valence-electron chi connectivity index (χ3n) is 2.85. The van der Waals surface area contributed by atoms with Gasteiger partial charge in [0, 0.05) is 5.69 Å². The molecule has 0 aliphatic rings. The van der Waals surface area contributed by atoms with E-state index in [2.05, 4.69) is 15.5 Å². The first-order chi connectivity index (χ1) is 10.1. The highest BCUT2D eigenvalue weighted by Crippen LogP contribution is 2.31. The summed E-state index contributed by atoms with van der Waals surface area (Å²) in [6.45, 7) is 0. The van der Waals surface area contributed by atoms with Crippen LogP contribution in [0, 0.1) is 5.82 Å². The first-order valence-corrected chi connectivity index (χ1v) is 6.61. The average Bonchev–Trinajstić information content (AvgIpc) is 2.90. The largest absolute Gasteiger partial charge is 0.399 e. The van der Waals surface area contributed by atoms with Gasteiger partial charge in [-0.25, -0.2) is 4.39 Å². The Labute approximate surface area is 129 Å². The highest BCUT2D eigenvalue weighted by molar-refractivity contribution is 6.37. The standard InChI is InChI=1S/C13H8Cl2FN5/c14-9-2-1-3-10(15)12(9)21-13(18-19-20-21)8-6-7(17)4-5-11(8)16/h1-6H,17H2. The van der Waals surface area contributed by atoms with E-state index in [1.807, 2.05) is 0 Å². The summed E-state index contributed by atoms with van der Waals surface area (Å²) in [5.74, 6) is -0.335. The van der Waals surface area contributed by atoms with Crippen LogP contribution in [0.3, 0.4) is 0 Å². The number of halogens is 3. The van der Waals surface area contributed by atoms with Crippen molar-refractivity contribution in [2.45, 2.75) is 0 Å². The van der Waals surface area contributed by atoms with E-state index in [1.165, 1.54) is 22.9 Å². The van der Waals surface area contributed by atoms with Crippen molar-refractivity contribution in [3.8, 4) is 17.1 Å². The fraction of sp³-hybridized carbons (Fsp3) is 0. The molecule has 8 heteroatoms. The van der Waals surface area contributed by atoms with Crippen LogP contribution in [0.5, 0.6) is 0 Å². The first-order valence-electron chi connectivity index (χ1n) is 5.86. The molecule has 5 nitrogen and oxygen atoms in total. The summed E-state index contributed by atoms with van der Waals surface area (Å²) < 4.78 is 15.3. The number of benzene rings is 2. The quantitative estimate of drug-likeness (QED) is 0.734. The van der Waals surface area contributed by atoms with Crippen LogP contribution in [0.15, 0.2) is 36.4 Å². The Morgan fingerprint density at radius 3 is 2.52 bits per heavy atom. The van der Waals surface area contributed by atoms with Gasteiger partial charge in [-0.3, -0.25) is 0 Å². The van der Waals surface area contributed by atoms with E-state index in [9.17, 15) is 4.39 Å². The van der Waals surface area contributed by atoms with E-state index >= 15 is 0 Å². The number of nitrogens with two attached hydrogens (primary N) is 1. The maximum absolute atomic E-state index is 14.0. The molecule has 1 aromatic heterocycles. The van der Waals surface area contributed by atoms with Gasteiger partial charge in [0.05, 0.1) is 15.6 Å². The van der Waals surface area contributed by atoms with Crippen molar-refractivity contribution in [3.63, 3.8) is 0 Å². The Bertz CT molecular complexity index is 798. The molecule has 0 amide bonds. The van der Waals surface area contributed by atoms with E-state index in [1.54, 1.807) is 18.2 Å². The maximum atomic E-state index is 14.0. The molecule has 0 radical (unpaired) electrons. The number of nitrogens with zero attached hydrogens (tertiary/aromatic N) is 4. The molecular weight excluding hydrogens is 316 g/mol. The molecule has 0 bridgehead atoms. The molecule has 0 saturated heterocycles. The zero-order valence-electron chi connectivity index (χ0n) is 10.5. The van der Waals surface area contributed by atoms with Gasteiger partial charge in [-0.1, -0.05) is 29.3 Å². The van der Waals surface area contributed by atoms with Gasteiger partial charge in [0.2, 0.25) is 0 Å². The first kappa shape index (κ1) is 13.8. The van der Waals surface area contributed by atoms with Crippen molar-refractivity contribution in [3.05, 3.63) is 52.3 Å². The third-order valence-corrected chi connectivity index (χ3v) is 3.46. The second-order valence-electron chi connectivity index (χ2n) is 4.22. The van der Waals surface area contributed by atoms with Crippen molar-refractivity contribution in [2.24, 2.45) is 0 Å². The van der Waals surface area contributed by atoms with Gasteiger partial charge in [-0.2, -0.15) is 4.68 Å². The molecule has 0 aliphatic carbocycles. The van der Waals surface area contributed by atoms with E-state index in [0.29, 0.717) is 21.4 Å². The summed E-state index contributed by atoms with van der Waals surface area (Å²) in [5, 5.41) is 11.9. The Kier molecular flexibility index (Phi) is 3.48. The summed E-state index contributed by atoms with van der Waals surface area (Å²) in [5.41, 5.74) is 6.62. The smallest absolute Gasteiger partial charge is 0.190 e. The molecule has 106 valence electrons. The Morgan fingerprint density at radius 1 is 1.10 bits per heavy atom. The molecule has 2 aromatic carbocycles. The number of aromatic nitrogens is 4. The number of tetrazole rings is 1. The third kappa shape index (κ3) is 2.43. The monoisotopic (exact) mass is 323 g/mol. The Morgan fingerprint density at radius 2 is 1.81 bits per heavy atom. The van der Waals surface area contributed by atoms with Crippen LogP contribution in [0.2, 0.25) is 10.0 Å². The van der Waals surface area contributed by atoms with Crippen LogP contribution in [0.25, 0.3) is 17.1 Å². The molecule has 0 spiro atoms. The molecule has 0 fully saturated rings. The minimum absolute atomic E-state index is 0.162. The van der Waals surface area contributed by atoms with Crippen LogP contribution in [-0.4, -0.2) is 20.2 Å². The van der Waals surface area contributed by atoms with Crippen LogP contribution >= 0.6 is 23.2 Å². The summed E-state index contributed by atoms with van der Waals surface area (Å²) in [4.78, 5) is 0. The fourth-order valence-electron chi connectivity index (χ4n) is 1.91. The van der Waals surface area contributed by atoms with E-state index < -0.39 is 5.82 Å². The second-order valence-corrected chi connectivity index (χ2v) is 5.04. The molecule has 3 aromatic rings. The second kappa shape index (κ2) is 5.31. The lowest BCUT2D eigenvalue weighted by atomic mass is 10.1. The van der Waals surface area contributed by atoms with Crippen LogP contribution in [0.1, 0.15) is 0 Å². The molecule has 3 rings (SSSR count). The van der Waals surface area contributed by atoms with Crippen molar-refractivity contribution < 1.29 is 4.39 Å². The zero-order chi connectivity index (χ0) is 15.0. The highest BCUT2D eigenvalue weighted by atomic mass is 35.5. The van der Waals surface area contributed by atoms with Crippen LogP contribution in [-0.2, 0) is 0 Å². The number of hydrogen-bond donors (Lipinski definition) is 1. The minimum Gasteiger partial charge on any atom is -0.399 e. The fourth-order valence-corrected chi connectivity index (χ4v) is 2.47. The molecule has 0 atom stereocenters. The molecule has 0 unspecified atom stereocenters. The summed E-state index contributed by atoms with van der Waals surface area (Å²) in [6.07, 6.45) is 0. The number of hydrogen-bond acceptors (Lipinski definition) is 4. The highest BCUT2D eigenvalue weighted by Gasteiger charge is 2.18. The van der Waals surface area contributed by atoms with Gasteiger partial charge >= 0.3 is 0 Å². The number of para-hydroxylation sites is 1. The number of nitrogen functional groups attached to an aromatic ring is 1.